The van der Waals surface area contributed by atoms with Crippen molar-refractivity contribution in [1.82, 2.24) is 15.1 Å². The van der Waals surface area contributed by atoms with Gasteiger partial charge in [-0.15, -0.1) is 0 Å². The molecule has 1 amide bonds. The largest absolute Gasteiger partial charge is 0.494 e. The fourth-order valence-electron chi connectivity index (χ4n) is 2.96. The Balaban J connectivity index is 1.55. The molecule has 1 atom stereocenters. The average molecular weight is 354 g/mol. The SMILES string of the molecule is COc1ccc(N2CC(c3nc(-c4cccnc4)no3)CC2=O)cc1F. The molecule has 2 aromatic heterocycles. The third-order valence-electron chi connectivity index (χ3n) is 4.28. The second-order valence-corrected chi connectivity index (χ2v) is 5.92. The van der Waals surface area contributed by atoms with Crippen LogP contribution in [0.15, 0.2) is 47.2 Å². The lowest BCUT2D eigenvalue weighted by atomic mass is 10.1. The van der Waals surface area contributed by atoms with Gasteiger partial charge in [-0.2, -0.15) is 4.98 Å². The number of pyridine rings is 1. The summed E-state index contributed by atoms with van der Waals surface area (Å²) in [5.74, 6) is 0.0577. The highest BCUT2D eigenvalue weighted by atomic mass is 19.1. The van der Waals surface area contributed by atoms with E-state index in [0.717, 1.165) is 5.56 Å². The zero-order valence-corrected chi connectivity index (χ0v) is 13.9. The quantitative estimate of drug-likeness (QED) is 0.717. The van der Waals surface area contributed by atoms with Crippen LogP contribution in [0.25, 0.3) is 11.4 Å². The van der Waals surface area contributed by atoms with E-state index >= 15 is 0 Å². The van der Waals surface area contributed by atoms with Crippen LogP contribution < -0.4 is 9.64 Å². The maximum Gasteiger partial charge on any atom is 0.232 e. The Kier molecular flexibility index (Phi) is 4.08. The zero-order chi connectivity index (χ0) is 18.1. The smallest absolute Gasteiger partial charge is 0.232 e. The van der Waals surface area contributed by atoms with Gasteiger partial charge in [-0.25, -0.2) is 4.39 Å². The van der Waals surface area contributed by atoms with Crippen molar-refractivity contribution in [2.45, 2.75) is 12.3 Å². The molecule has 3 heterocycles. The lowest BCUT2D eigenvalue weighted by molar-refractivity contribution is -0.117. The number of hydrogen-bond acceptors (Lipinski definition) is 6. The molecular formula is C18H15FN4O3. The number of benzene rings is 1. The average Bonchev–Trinajstić information content (AvgIpc) is 3.29. The number of amides is 1. The molecule has 0 aliphatic carbocycles. The molecule has 1 fully saturated rings. The third kappa shape index (κ3) is 2.90. The van der Waals surface area contributed by atoms with Crippen molar-refractivity contribution in [1.29, 1.82) is 0 Å². The van der Waals surface area contributed by atoms with Crippen LogP contribution in [0.3, 0.4) is 0 Å². The van der Waals surface area contributed by atoms with E-state index in [4.69, 9.17) is 9.26 Å². The number of methoxy groups -OCH3 is 1. The van der Waals surface area contributed by atoms with Crippen LogP contribution in [0.4, 0.5) is 10.1 Å². The van der Waals surface area contributed by atoms with Crippen molar-refractivity contribution < 1.29 is 18.4 Å². The van der Waals surface area contributed by atoms with Gasteiger partial charge in [-0.3, -0.25) is 9.78 Å². The number of ether oxygens (including phenoxy) is 1. The fourth-order valence-corrected chi connectivity index (χ4v) is 2.96. The number of halogens is 1. The van der Waals surface area contributed by atoms with Crippen LogP contribution in [0, 0.1) is 5.82 Å². The van der Waals surface area contributed by atoms with Gasteiger partial charge in [0.1, 0.15) is 0 Å². The summed E-state index contributed by atoms with van der Waals surface area (Å²) in [5.41, 5.74) is 1.21. The molecule has 0 spiro atoms. The number of aromatic nitrogens is 3. The van der Waals surface area contributed by atoms with E-state index in [1.54, 1.807) is 24.5 Å². The Bertz CT molecular complexity index is 945. The minimum atomic E-state index is -0.516. The summed E-state index contributed by atoms with van der Waals surface area (Å²) in [6, 6.07) is 8.04. The third-order valence-corrected chi connectivity index (χ3v) is 4.28. The maximum atomic E-state index is 13.9. The molecular weight excluding hydrogens is 339 g/mol. The van der Waals surface area contributed by atoms with Gasteiger partial charge in [0.05, 0.1) is 13.0 Å². The Morgan fingerprint density at radius 2 is 2.23 bits per heavy atom. The molecule has 0 N–H and O–H groups in total. The molecule has 1 unspecified atom stereocenters. The highest BCUT2D eigenvalue weighted by molar-refractivity contribution is 5.96. The van der Waals surface area contributed by atoms with Gasteiger partial charge >= 0.3 is 0 Å². The Labute approximate surface area is 148 Å². The molecule has 8 heteroatoms. The summed E-state index contributed by atoms with van der Waals surface area (Å²) in [4.78, 5) is 22.3. The fraction of sp³-hybridized carbons (Fsp3) is 0.222. The van der Waals surface area contributed by atoms with Gasteiger partial charge in [0.15, 0.2) is 11.6 Å². The van der Waals surface area contributed by atoms with Crippen molar-refractivity contribution in [2.75, 3.05) is 18.6 Å². The van der Waals surface area contributed by atoms with E-state index in [0.29, 0.717) is 23.9 Å². The minimum absolute atomic E-state index is 0.124. The Hall–Kier alpha value is -3.29. The van der Waals surface area contributed by atoms with Gasteiger partial charge in [0.2, 0.25) is 17.6 Å². The van der Waals surface area contributed by atoms with Crippen LogP contribution in [0.1, 0.15) is 18.2 Å². The monoisotopic (exact) mass is 354 g/mol. The Morgan fingerprint density at radius 1 is 1.35 bits per heavy atom. The molecule has 3 aromatic rings. The number of carbonyl (C=O) groups is 1. The van der Waals surface area contributed by atoms with E-state index in [2.05, 4.69) is 15.1 Å². The lowest BCUT2D eigenvalue weighted by Gasteiger charge is -2.16. The second-order valence-electron chi connectivity index (χ2n) is 5.92. The Morgan fingerprint density at radius 3 is 2.96 bits per heavy atom. The first-order chi connectivity index (χ1) is 12.7. The summed E-state index contributed by atoms with van der Waals surface area (Å²) >= 11 is 0. The first kappa shape index (κ1) is 16.2. The first-order valence-corrected chi connectivity index (χ1v) is 8.03. The van der Waals surface area contributed by atoms with Gasteiger partial charge in [-0.05, 0) is 24.3 Å². The van der Waals surface area contributed by atoms with E-state index < -0.39 is 5.82 Å². The summed E-state index contributed by atoms with van der Waals surface area (Å²) in [6.07, 6.45) is 3.52. The van der Waals surface area contributed by atoms with Gasteiger partial charge in [0.25, 0.3) is 0 Å². The van der Waals surface area contributed by atoms with Gasteiger partial charge < -0.3 is 14.2 Å². The molecule has 7 nitrogen and oxygen atoms in total. The summed E-state index contributed by atoms with van der Waals surface area (Å²) in [5, 5.41) is 3.96. The van der Waals surface area contributed by atoms with Crippen LogP contribution in [-0.2, 0) is 4.79 Å². The number of carbonyl (C=O) groups excluding carboxylic acids is 1. The van der Waals surface area contributed by atoms with Crippen molar-refractivity contribution >= 4 is 11.6 Å². The highest BCUT2D eigenvalue weighted by Gasteiger charge is 2.35. The maximum absolute atomic E-state index is 13.9. The second kappa shape index (κ2) is 6.55. The van der Waals surface area contributed by atoms with Crippen molar-refractivity contribution in [3.63, 3.8) is 0 Å². The zero-order valence-electron chi connectivity index (χ0n) is 13.9. The molecule has 0 radical (unpaired) electrons. The number of nitrogens with zero attached hydrogens (tertiary/aromatic N) is 4. The number of rotatable bonds is 4. The molecule has 0 bridgehead atoms. The molecule has 0 saturated carbocycles. The normalized spacial score (nSPS) is 16.9. The summed E-state index contributed by atoms with van der Waals surface area (Å²) in [7, 11) is 1.39. The van der Waals surface area contributed by atoms with E-state index in [1.807, 2.05) is 6.07 Å². The van der Waals surface area contributed by atoms with E-state index in [-0.39, 0.29) is 24.0 Å². The van der Waals surface area contributed by atoms with Gasteiger partial charge in [-0.1, -0.05) is 5.16 Å². The van der Waals surface area contributed by atoms with Crippen LogP contribution >= 0.6 is 0 Å². The van der Waals surface area contributed by atoms with Crippen LogP contribution in [0.5, 0.6) is 5.75 Å². The first-order valence-electron chi connectivity index (χ1n) is 8.03. The highest BCUT2D eigenvalue weighted by Crippen LogP contribution is 2.33. The van der Waals surface area contributed by atoms with Crippen molar-refractivity contribution in [3.05, 3.63) is 54.4 Å². The molecule has 1 aliphatic rings. The number of anilines is 1. The lowest BCUT2D eigenvalue weighted by Crippen LogP contribution is -2.24. The topological polar surface area (TPSA) is 81.3 Å². The van der Waals surface area contributed by atoms with Crippen LogP contribution in [0.2, 0.25) is 0 Å². The molecule has 132 valence electrons. The predicted molar refractivity (Wildman–Crippen MR) is 90.2 cm³/mol. The van der Waals surface area contributed by atoms with Crippen molar-refractivity contribution in [3.8, 4) is 17.1 Å². The summed E-state index contributed by atoms with van der Waals surface area (Å²) in [6.45, 7) is 0.347. The van der Waals surface area contributed by atoms with Crippen molar-refractivity contribution in [2.24, 2.45) is 0 Å². The molecule has 4 rings (SSSR count). The summed E-state index contributed by atoms with van der Waals surface area (Å²) < 4.78 is 24.2. The van der Waals surface area contributed by atoms with E-state index in [9.17, 15) is 9.18 Å². The standard InChI is InChI=1S/C18H15FN4O3/c1-25-15-5-4-13(8-14(15)19)23-10-12(7-16(23)24)18-21-17(22-26-18)11-3-2-6-20-9-11/h2-6,8-9,12H,7,10H2,1H3. The van der Waals surface area contributed by atoms with Crippen LogP contribution in [-0.4, -0.2) is 34.7 Å². The molecule has 26 heavy (non-hydrogen) atoms. The molecule has 1 saturated heterocycles. The predicted octanol–water partition coefficient (Wildman–Crippen LogP) is 2.80. The number of hydrogen-bond donors (Lipinski definition) is 0. The van der Waals surface area contributed by atoms with E-state index in [1.165, 1.54) is 24.1 Å². The molecule has 1 aliphatic heterocycles. The minimum Gasteiger partial charge on any atom is -0.494 e. The van der Waals surface area contributed by atoms with Gasteiger partial charge in [0, 0.05) is 42.7 Å². The molecule has 1 aromatic carbocycles.